The molecule has 0 heterocycles. The smallest absolute Gasteiger partial charge is 0.271 e. The Labute approximate surface area is 210 Å². The summed E-state index contributed by atoms with van der Waals surface area (Å²) >= 11 is 0. The highest BCUT2D eigenvalue weighted by molar-refractivity contribution is 7.92. The molecule has 0 saturated carbocycles. The number of non-ortho nitro benzene ring substituents is 1. The Morgan fingerprint density at radius 2 is 1.68 bits per heavy atom. The van der Waals surface area contributed by atoms with Crippen LogP contribution in [0.4, 0.5) is 24.5 Å². The summed E-state index contributed by atoms with van der Waals surface area (Å²) in [6.07, 6.45) is -4.73. The van der Waals surface area contributed by atoms with Crippen molar-refractivity contribution in [2.45, 2.75) is 24.9 Å². The summed E-state index contributed by atoms with van der Waals surface area (Å²) in [6.45, 7) is 2.38. The third-order valence-corrected chi connectivity index (χ3v) is 6.99. The Morgan fingerprint density at radius 3 is 2.24 bits per heavy atom. The number of nitrogens with zero attached hydrogens (tertiary/aromatic N) is 3. The lowest BCUT2D eigenvalue weighted by Crippen LogP contribution is -2.40. The van der Waals surface area contributed by atoms with E-state index in [2.05, 4.69) is 10.5 Å². The van der Waals surface area contributed by atoms with E-state index in [0.29, 0.717) is 15.9 Å². The number of aryl methyl sites for hydroxylation is 1. The van der Waals surface area contributed by atoms with E-state index in [1.807, 2.05) is 0 Å². The van der Waals surface area contributed by atoms with Crippen LogP contribution >= 0.6 is 0 Å². The maximum Gasteiger partial charge on any atom is 0.416 e. The highest BCUT2D eigenvalue weighted by Crippen LogP contribution is 2.33. The summed E-state index contributed by atoms with van der Waals surface area (Å²) < 4.78 is 67.2. The molecule has 0 atom stereocenters. The van der Waals surface area contributed by atoms with Gasteiger partial charge in [-0.05, 0) is 61.9 Å². The van der Waals surface area contributed by atoms with Crippen LogP contribution in [0.1, 0.15) is 23.6 Å². The Morgan fingerprint density at radius 1 is 1.05 bits per heavy atom. The molecule has 3 rings (SSSR count). The number of hydrogen-bond donors (Lipinski definition) is 1. The van der Waals surface area contributed by atoms with Crippen molar-refractivity contribution in [3.63, 3.8) is 0 Å². The summed E-state index contributed by atoms with van der Waals surface area (Å²) in [4.78, 5) is 22.7. The normalized spacial score (nSPS) is 12.2. The first-order valence-corrected chi connectivity index (χ1v) is 12.1. The summed E-state index contributed by atoms with van der Waals surface area (Å²) in [7, 11) is -4.44. The topological polar surface area (TPSA) is 122 Å². The standard InChI is InChI=1S/C24H21F3N4O5S/c1-16-6-12-22(13-7-16)37(35,36)30(21-5-3-4-19(14-21)24(25,26)27)15-23(32)29-28-17(2)18-8-10-20(11-9-18)31(33)34/h3-14H,15H2,1-2H3,(H,29,32)/b28-17-. The third-order valence-electron chi connectivity index (χ3n) is 5.20. The number of amides is 1. The first kappa shape index (κ1) is 27.3. The van der Waals surface area contributed by atoms with Crippen LogP contribution in [0.15, 0.2) is 82.8 Å². The zero-order valence-electron chi connectivity index (χ0n) is 19.6. The molecular formula is C24H21F3N4O5S. The predicted molar refractivity (Wildman–Crippen MR) is 131 cm³/mol. The van der Waals surface area contributed by atoms with Crippen molar-refractivity contribution in [3.05, 3.63) is 99.6 Å². The Hall–Kier alpha value is -4.26. The lowest BCUT2D eigenvalue weighted by Gasteiger charge is -2.24. The van der Waals surface area contributed by atoms with Gasteiger partial charge >= 0.3 is 6.18 Å². The fraction of sp³-hybridized carbons (Fsp3) is 0.167. The Kier molecular flexibility index (Phi) is 7.96. The fourth-order valence-corrected chi connectivity index (χ4v) is 4.60. The molecular weight excluding hydrogens is 513 g/mol. The van der Waals surface area contributed by atoms with E-state index in [0.717, 1.165) is 23.8 Å². The van der Waals surface area contributed by atoms with Crippen LogP contribution < -0.4 is 9.73 Å². The van der Waals surface area contributed by atoms with E-state index in [1.165, 1.54) is 55.5 Å². The van der Waals surface area contributed by atoms with Crippen LogP contribution in [0.2, 0.25) is 0 Å². The number of anilines is 1. The van der Waals surface area contributed by atoms with Crippen molar-refractivity contribution in [1.29, 1.82) is 0 Å². The van der Waals surface area contributed by atoms with Gasteiger partial charge in [-0.1, -0.05) is 23.8 Å². The molecule has 0 aliphatic carbocycles. The van der Waals surface area contributed by atoms with E-state index >= 15 is 0 Å². The minimum atomic E-state index is -4.73. The van der Waals surface area contributed by atoms with Gasteiger partial charge in [0.05, 0.1) is 26.8 Å². The van der Waals surface area contributed by atoms with Crippen molar-refractivity contribution in [1.82, 2.24) is 5.43 Å². The average Bonchev–Trinajstić information content (AvgIpc) is 2.85. The molecule has 0 aromatic heterocycles. The first-order chi connectivity index (χ1) is 17.3. The van der Waals surface area contributed by atoms with Gasteiger partial charge in [-0.25, -0.2) is 13.8 Å². The van der Waals surface area contributed by atoms with Crippen molar-refractivity contribution in [3.8, 4) is 0 Å². The molecule has 0 bridgehead atoms. The number of nitrogens with one attached hydrogen (secondary N) is 1. The van der Waals surface area contributed by atoms with Gasteiger partial charge in [-0.3, -0.25) is 19.2 Å². The average molecular weight is 535 g/mol. The summed E-state index contributed by atoms with van der Waals surface area (Å²) in [5, 5.41) is 14.7. The lowest BCUT2D eigenvalue weighted by atomic mass is 10.1. The maximum absolute atomic E-state index is 13.4. The number of carbonyl (C=O) groups is 1. The molecule has 37 heavy (non-hydrogen) atoms. The second-order valence-electron chi connectivity index (χ2n) is 7.91. The minimum absolute atomic E-state index is 0.140. The molecule has 194 valence electrons. The zero-order chi connectivity index (χ0) is 27.4. The van der Waals surface area contributed by atoms with Gasteiger partial charge in [-0.2, -0.15) is 18.3 Å². The number of hydrogen-bond acceptors (Lipinski definition) is 6. The predicted octanol–water partition coefficient (Wildman–Crippen LogP) is 4.66. The summed E-state index contributed by atoms with van der Waals surface area (Å²) in [5.74, 6) is -0.922. The number of nitro benzene ring substituents is 1. The van der Waals surface area contributed by atoms with Crippen LogP contribution in [0.3, 0.4) is 0 Å². The molecule has 3 aromatic carbocycles. The van der Waals surface area contributed by atoms with Crippen LogP contribution in [0, 0.1) is 17.0 Å². The molecule has 1 amide bonds. The number of alkyl halides is 3. The highest BCUT2D eigenvalue weighted by atomic mass is 32.2. The number of benzene rings is 3. The van der Waals surface area contributed by atoms with Crippen molar-refractivity contribution < 1.29 is 31.3 Å². The molecule has 0 saturated heterocycles. The number of rotatable bonds is 8. The summed E-state index contributed by atoms with van der Waals surface area (Å²) in [5.41, 5.74) is 2.07. The second kappa shape index (κ2) is 10.8. The van der Waals surface area contributed by atoms with Crippen LogP contribution in [0.5, 0.6) is 0 Å². The maximum atomic E-state index is 13.4. The SMILES string of the molecule is C/C(=N/NC(=O)CN(c1cccc(C(F)(F)F)c1)S(=O)(=O)c1ccc(C)cc1)c1ccc([N+](=O)[O-])cc1. The molecule has 0 aliphatic rings. The van der Waals surface area contributed by atoms with Crippen LogP contribution in [-0.4, -0.2) is 31.5 Å². The van der Waals surface area contributed by atoms with Crippen molar-refractivity contribution in [2.24, 2.45) is 5.10 Å². The molecule has 0 spiro atoms. The minimum Gasteiger partial charge on any atom is -0.271 e. The second-order valence-corrected chi connectivity index (χ2v) is 9.77. The number of nitro groups is 1. The van der Waals surface area contributed by atoms with Gasteiger partial charge in [0, 0.05) is 12.1 Å². The van der Waals surface area contributed by atoms with Gasteiger partial charge in [0.2, 0.25) is 0 Å². The fourth-order valence-electron chi connectivity index (χ4n) is 3.19. The monoisotopic (exact) mass is 534 g/mol. The molecule has 9 nitrogen and oxygen atoms in total. The number of carbonyl (C=O) groups excluding carboxylic acids is 1. The molecule has 13 heteroatoms. The van der Waals surface area contributed by atoms with E-state index in [9.17, 15) is 36.5 Å². The number of halogens is 3. The van der Waals surface area contributed by atoms with Crippen molar-refractivity contribution >= 4 is 33.0 Å². The van der Waals surface area contributed by atoms with Gasteiger partial charge in [0.25, 0.3) is 21.6 Å². The quantitative estimate of drug-likeness (QED) is 0.256. The lowest BCUT2D eigenvalue weighted by molar-refractivity contribution is -0.384. The number of hydrazone groups is 1. The molecule has 0 aliphatic heterocycles. The van der Waals surface area contributed by atoms with E-state index in [4.69, 9.17) is 0 Å². The first-order valence-electron chi connectivity index (χ1n) is 10.6. The zero-order valence-corrected chi connectivity index (χ0v) is 20.4. The Bertz CT molecular complexity index is 1440. The van der Waals surface area contributed by atoms with Gasteiger partial charge in [0.15, 0.2) is 0 Å². The van der Waals surface area contributed by atoms with Crippen LogP contribution in [-0.2, 0) is 21.0 Å². The van der Waals surface area contributed by atoms with E-state index in [1.54, 1.807) is 6.92 Å². The van der Waals surface area contributed by atoms with E-state index < -0.39 is 39.1 Å². The van der Waals surface area contributed by atoms with E-state index in [-0.39, 0.29) is 22.0 Å². The highest BCUT2D eigenvalue weighted by Gasteiger charge is 2.33. The molecule has 3 aromatic rings. The van der Waals surface area contributed by atoms with Gasteiger partial charge in [-0.15, -0.1) is 0 Å². The molecule has 0 unspecified atom stereocenters. The largest absolute Gasteiger partial charge is 0.416 e. The molecule has 0 radical (unpaired) electrons. The van der Waals surface area contributed by atoms with Crippen molar-refractivity contribution in [2.75, 3.05) is 10.8 Å². The van der Waals surface area contributed by atoms with Crippen LogP contribution in [0.25, 0.3) is 0 Å². The van der Waals surface area contributed by atoms with Gasteiger partial charge < -0.3 is 0 Å². The van der Waals surface area contributed by atoms with Gasteiger partial charge in [0.1, 0.15) is 6.54 Å². The third kappa shape index (κ3) is 6.70. The Balaban J connectivity index is 1.91. The molecule has 0 fully saturated rings. The molecule has 1 N–H and O–H groups in total. The number of sulfonamides is 1. The summed E-state index contributed by atoms with van der Waals surface area (Å²) in [6, 6.07) is 14.6.